The number of rotatable bonds is 4. The van der Waals surface area contributed by atoms with Gasteiger partial charge in [0.2, 0.25) is 0 Å². The monoisotopic (exact) mass is 243 g/mol. The summed E-state index contributed by atoms with van der Waals surface area (Å²) >= 11 is 5.75. The van der Waals surface area contributed by atoms with Crippen LogP contribution >= 0.6 is 11.6 Å². The molecule has 1 aromatic rings. The Bertz CT molecular complexity index is 350. The molecule has 1 atom stereocenters. The van der Waals surface area contributed by atoms with Gasteiger partial charge in [0.15, 0.2) is 0 Å². The van der Waals surface area contributed by atoms with Crippen LogP contribution in [0.5, 0.6) is 0 Å². The first kappa shape index (κ1) is 13.5. The minimum atomic E-state index is -0.237. The van der Waals surface area contributed by atoms with Gasteiger partial charge in [0.05, 0.1) is 0 Å². The predicted octanol–water partition coefficient (Wildman–Crippen LogP) is 4.17. The fraction of sp³-hybridized carbons (Fsp3) is 0.538. The average Bonchev–Trinajstić information content (AvgIpc) is 2.14. The molecule has 0 fully saturated rings. The summed E-state index contributed by atoms with van der Waals surface area (Å²) in [4.78, 5) is 0. The fourth-order valence-electron chi connectivity index (χ4n) is 1.75. The second-order valence-corrected chi connectivity index (χ2v) is 5.15. The van der Waals surface area contributed by atoms with Gasteiger partial charge in [-0.05, 0) is 18.1 Å². The maximum absolute atomic E-state index is 13.8. The minimum Gasteiger partial charge on any atom is -0.307 e. The van der Waals surface area contributed by atoms with E-state index in [2.05, 4.69) is 33.0 Å². The molecule has 0 aliphatic heterocycles. The first-order valence-electron chi connectivity index (χ1n) is 5.62. The van der Waals surface area contributed by atoms with Crippen LogP contribution in [0.2, 0.25) is 5.02 Å². The van der Waals surface area contributed by atoms with Crippen molar-refractivity contribution in [1.82, 2.24) is 5.32 Å². The molecule has 0 amide bonds. The Balaban J connectivity index is 3.01. The molecule has 1 rings (SSSR count). The van der Waals surface area contributed by atoms with Crippen molar-refractivity contribution in [2.45, 2.75) is 39.8 Å². The Labute approximate surface area is 102 Å². The van der Waals surface area contributed by atoms with Crippen LogP contribution in [0.15, 0.2) is 18.2 Å². The highest BCUT2D eigenvalue weighted by atomic mass is 35.5. The van der Waals surface area contributed by atoms with Gasteiger partial charge in [-0.25, -0.2) is 4.39 Å². The molecule has 1 aromatic carbocycles. The Kier molecular flexibility index (Phi) is 4.75. The third-order valence-electron chi connectivity index (χ3n) is 2.48. The predicted molar refractivity (Wildman–Crippen MR) is 67.3 cm³/mol. The van der Waals surface area contributed by atoms with Crippen LogP contribution in [-0.4, -0.2) is 6.04 Å². The molecule has 90 valence electrons. The third-order valence-corrected chi connectivity index (χ3v) is 2.71. The molecule has 3 heteroatoms. The summed E-state index contributed by atoms with van der Waals surface area (Å²) in [5.41, 5.74) is 0.688. The minimum absolute atomic E-state index is 0.0252. The lowest BCUT2D eigenvalue weighted by Gasteiger charge is -2.25. The molecule has 0 saturated carbocycles. The zero-order valence-electron chi connectivity index (χ0n) is 10.2. The lowest BCUT2D eigenvalue weighted by atomic mass is 9.95. The standard InChI is InChI=1S/C13H19ClFN/c1-8(2)13(16-9(3)4)11-6-5-10(14)7-12(11)15/h5-9,13,16H,1-4H3. The molecular weight excluding hydrogens is 225 g/mol. The van der Waals surface area contributed by atoms with Crippen molar-refractivity contribution in [1.29, 1.82) is 0 Å². The van der Waals surface area contributed by atoms with Gasteiger partial charge < -0.3 is 5.32 Å². The van der Waals surface area contributed by atoms with Crippen LogP contribution in [0.25, 0.3) is 0 Å². The van der Waals surface area contributed by atoms with Crippen LogP contribution in [0, 0.1) is 11.7 Å². The molecule has 0 radical (unpaired) electrons. The summed E-state index contributed by atoms with van der Waals surface area (Å²) in [5.74, 6) is 0.0948. The molecule has 1 N–H and O–H groups in total. The SMILES string of the molecule is CC(C)NC(c1ccc(Cl)cc1F)C(C)C. The van der Waals surface area contributed by atoms with Gasteiger partial charge in [-0.3, -0.25) is 0 Å². The van der Waals surface area contributed by atoms with Crippen LogP contribution < -0.4 is 5.32 Å². The molecule has 0 bridgehead atoms. The topological polar surface area (TPSA) is 12.0 Å². The van der Waals surface area contributed by atoms with E-state index in [1.165, 1.54) is 6.07 Å². The highest BCUT2D eigenvalue weighted by molar-refractivity contribution is 6.30. The number of hydrogen-bond acceptors (Lipinski definition) is 1. The smallest absolute Gasteiger partial charge is 0.129 e. The summed E-state index contributed by atoms with van der Waals surface area (Å²) in [6.45, 7) is 8.27. The van der Waals surface area contributed by atoms with Gasteiger partial charge >= 0.3 is 0 Å². The van der Waals surface area contributed by atoms with Crippen LogP contribution in [0.1, 0.15) is 39.3 Å². The van der Waals surface area contributed by atoms with Crippen molar-refractivity contribution in [3.8, 4) is 0 Å². The number of nitrogens with one attached hydrogen (secondary N) is 1. The maximum atomic E-state index is 13.8. The van der Waals surface area contributed by atoms with Crippen molar-refractivity contribution in [3.05, 3.63) is 34.6 Å². The fourth-order valence-corrected chi connectivity index (χ4v) is 1.91. The molecular formula is C13H19ClFN. The number of benzene rings is 1. The van der Waals surface area contributed by atoms with Crippen LogP contribution in [0.3, 0.4) is 0 Å². The molecule has 1 nitrogen and oxygen atoms in total. The third kappa shape index (κ3) is 3.46. The second kappa shape index (κ2) is 5.65. The lowest BCUT2D eigenvalue weighted by Crippen LogP contribution is -2.32. The molecule has 16 heavy (non-hydrogen) atoms. The second-order valence-electron chi connectivity index (χ2n) is 4.71. The van der Waals surface area contributed by atoms with Crippen molar-refractivity contribution in [2.75, 3.05) is 0 Å². The van der Waals surface area contributed by atoms with Crippen molar-refractivity contribution in [2.24, 2.45) is 5.92 Å². The van der Waals surface area contributed by atoms with Crippen molar-refractivity contribution in [3.63, 3.8) is 0 Å². The van der Waals surface area contributed by atoms with Crippen molar-refractivity contribution < 1.29 is 4.39 Å². The van der Waals surface area contributed by atoms with E-state index in [9.17, 15) is 4.39 Å². The van der Waals surface area contributed by atoms with Gasteiger partial charge in [0.25, 0.3) is 0 Å². The average molecular weight is 244 g/mol. The van der Waals surface area contributed by atoms with Gasteiger partial charge in [-0.15, -0.1) is 0 Å². The van der Waals surface area contributed by atoms with Crippen LogP contribution in [0.4, 0.5) is 4.39 Å². The van der Waals surface area contributed by atoms with E-state index in [0.29, 0.717) is 22.5 Å². The molecule has 0 spiro atoms. The zero-order chi connectivity index (χ0) is 12.3. The van der Waals surface area contributed by atoms with E-state index in [1.807, 2.05) is 0 Å². The van der Waals surface area contributed by atoms with Gasteiger partial charge in [-0.2, -0.15) is 0 Å². The highest BCUT2D eigenvalue weighted by Crippen LogP contribution is 2.26. The lowest BCUT2D eigenvalue weighted by molar-refractivity contribution is 0.369. The van der Waals surface area contributed by atoms with E-state index in [1.54, 1.807) is 12.1 Å². The Hall–Kier alpha value is -0.600. The molecule has 0 aromatic heterocycles. The molecule has 0 aliphatic carbocycles. The van der Waals surface area contributed by atoms with E-state index in [4.69, 9.17) is 11.6 Å². The summed E-state index contributed by atoms with van der Waals surface area (Å²) in [5, 5.41) is 3.81. The van der Waals surface area contributed by atoms with E-state index in [0.717, 1.165) is 0 Å². The van der Waals surface area contributed by atoms with Crippen LogP contribution in [-0.2, 0) is 0 Å². The van der Waals surface area contributed by atoms with Crippen molar-refractivity contribution >= 4 is 11.6 Å². The number of halogens is 2. The molecule has 0 saturated heterocycles. The number of hydrogen-bond donors (Lipinski definition) is 1. The summed E-state index contributed by atoms with van der Waals surface area (Å²) in [6.07, 6.45) is 0. The summed E-state index contributed by atoms with van der Waals surface area (Å²) in [7, 11) is 0. The van der Waals surface area contributed by atoms with Gasteiger partial charge in [-0.1, -0.05) is 45.4 Å². The highest BCUT2D eigenvalue weighted by Gasteiger charge is 2.19. The normalized spacial score (nSPS) is 13.5. The first-order chi connectivity index (χ1) is 7.41. The van der Waals surface area contributed by atoms with E-state index >= 15 is 0 Å². The quantitative estimate of drug-likeness (QED) is 0.837. The van der Waals surface area contributed by atoms with Gasteiger partial charge in [0, 0.05) is 22.7 Å². The molecule has 1 unspecified atom stereocenters. The van der Waals surface area contributed by atoms with E-state index < -0.39 is 0 Å². The van der Waals surface area contributed by atoms with E-state index in [-0.39, 0.29) is 11.9 Å². The first-order valence-corrected chi connectivity index (χ1v) is 6.00. The summed E-state index contributed by atoms with van der Waals surface area (Å²) < 4.78 is 13.8. The maximum Gasteiger partial charge on any atom is 0.129 e. The molecule has 0 aliphatic rings. The Morgan fingerprint density at radius 3 is 2.25 bits per heavy atom. The molecule has 0 heterocycles. The zero-order valence-corrected chi connectivity index (χ0v) is 11.0. The Morgan fingerprint density at radius 1 is 1.19 bits per heavy atom. The summed E-state index contributed by atoms with van der Waals surface area (Å²) in [6, 6.07) is 5.21. The Morgan fingerprint density at radius 2 is 1.81 bits per heavy atom. The van der Waals surface area contributed by atoms with Gasteiger partial charge in [0.1, 0.15) is 5.82 Å². The largest absolute Gasteiger partial charge is 0.307 e.